The lowest BCUT2D eigenvalue weighted by Gasteiger charge is -2.21. The van der Waals surface area contributed by atoms with Gasteiger partial charge in [0.15, 0.2) is 0 Å². The average Bonchev–Trinajstić information content (AvgIpc) is 2.62. The van der Waals surface area contributed by atoms with E-state index in [9.17, 15) is 5.11 Å². The Hall–Kier alpha value is -2.71. The lowest BCUT2D eigenvalue weighted by molar-refractivity contribution is 0.160. The zero-order valence-corrected chi connectivity index (χ0v) is 15.7. The number of halogens is 1. The molecule has 134 valence electrons. The molecule has 7 nitrogen and oxygen atoms in total. The first-order valence-corrected chi connectivity index (χ1v) is 8.84. The number of hydrogen-bond acceptors (Lipinski definition) is 7. The van der Waals surface area contributed by atoms with Crippen LogP contribution in [-0.4, -0.2) is 26.1 Å². The molecule has 0 bridgehead atoms. The summed E-state index contributed by atoms with van der Waals surface area (Å²) in [4.78, 5) is 12.5. The van der Waals surface area contributed by atoms with Gasteiger partial charge in [-0.2, -0.15) is 15.0 Å². The third kappa shape index (κ3) is 4.68. The van der Waals surface area contributed by atoms with Gasteiger partial charge in [-0.25, -0.2) is 0 Å². The summed E-state index contributed by atoms with van der Waals surface area (Å²) >= 11 is 3.38. The van der Waals surface area contributed by atoms with Gasteiger partial charge < -0.3 is 21.5 Å². The monoisotopic (exact) mass is 414 g/mol. The smallest absolute Gasteiger partial charge is 0.233 e. The number of rotatable bonds is 6. The van der Waals surface area contributed by atoms with Gasteiger partial charge in [-0.15, -0.1) is 0 Å². The van der Waals surface area contributed by atoms with Gasteiger partial charge in [0.2, 0.25) is 17.8 Å². The van der Waals surface area contributed by atoms with Crippen LogP contribution in [0.1, 0.15) is 18.6 Å². The summed E-state index contributed by atoms with van der Waals surface area (Å²) in [6, 6.07) is 16.7. The van der Waals surface area contributed by atoms with Crippen LogP contribution >= 0.6 is 15.9 Å². The minimum absolute atomic E-state index is 0.0891. The average molecular weight is 415 g/mol. The predicted molar refractivity (Wildman–Crippen MR) is 106 cm³/mol. The van der Waals surface area contributed by atoms with Gasteiger partial charge in [0, 0.05) is 10.2 Å². The second kappa shape index (κ2) is 8.11. The molecule has 0 fully saturated rings. The van der Waals surface area contributed by atoms with Crippen molar-refractivity contribution in [3.63, 3.8) is 0 Å². The zero-order valence-electron chi connectivity index (χ0n) is 14.1. The number of benzene rings is 2. The summed E-state index contributed by atoms with van der Waals surface area (Å²) in [5, 5.41) is 16.7. The lowest BCUT2D eigenvalue weighted by atomic mass is 10.0. The van der Waals surface area contributed by atoms with Crippen LogP contribution in [-0.2, 0) is 0 Å². The third-order valence-electron chi connectivity index (χ3n) is 3.72. The molecule has 0 amide bonds. The normalized spacial score (nSPS) is 13.0. The number of aliphatic hydroxyl groups excluding tert-OH is 1. The van der Waals surface area contributed by atoms with Crippen LogP contribution in [0.3, 0.4) is 0 Å². The highest BCUT2D eigenvalue weighted by atomic mass is 79.9. The number of aliphatic hydroxyl groups is 1. The van der Waals surface area contributed by atoms with Gasteiger partial charge in [0.1, 0.15) is 0 Å². The number of hydrogen-bond donors (Lipinski definition) is 4. The number of nitrogen functional groups attached to an aromatic ring is 1. The number of nitrogens with one attached hydrogen (secondary N) is 2. The van der Waals surface area contributed by atoms with Crippen LogP contribution in [0, 0.1) is 0 Å². The van der Waals surface area contributed by atoms with Crippen molar-refractivity contribution in [3.05, 3.63) is 64.6 Å². The quantitative estimate of drug-likeness (QED) is 0.488. The molecular weight excluding hydrogens is 396 g/mol. The van der Waals surface area contributed by atoms with Gasteiger partial charge >= 0.3 is 0 Å². The van der Waals surface area contributed by atoms with Crippen LogP contribution in [0.2, 0.25) is 0 Å². The highest BCUT2D eigenvalue weighted by Gasteiger charge is 2.18. The molecule has 5 N–H and O–H groups in total. The molecule has 0 aliphatic heterocycles. The molecule has 26 heavy (non-hydrogen) atoms. The molecule has 2 aromatic carbocycles. The topological polar surface area (TPSA) is 109 Å². The molecule has 0 aliphatic rings. The number of anilines is 4. The zero-order chi connectivity index (χ0) is 18.5. The Balaban J connectivity index is 1.73. The van der Waals surface area contributed by atoms with Crippen molar-refractivity contribution in [1.29, 1.82) is 0 Å². The first kappa shape index (κ1) is 18.1. The van der Waals surface area contributed by atoms with Crippen molar-refractivity contribution in [3.8, 4) is 0 Å². The Morgan fingerprint density at radius 2 is 1.62 bits per heavy atom. The van der Waals surface area contributed by atoms with E-state index in [4.69, 9.17) is 5.73 Å². The molecule has 0 radical (unpaired) electrons. The van der Waals surface area contributed by atoms with Crippen LogP contribution in [0.5, 0.6) is 0 Å². The van der Waals surface area contributed by atoms with E-state index < -0.39 is 6.10 Å². The highest BCUT2D eigenvalue weighted by molar-refractivity contribution is 9.10. The van der Waals surface area contributed by atoms with Crippen LogP contribution in [0.15, 0.2) is 59.1 Å². The predicted octanol–water partition coefficient (Wildman–Crippen LogP) is 3.49. The largest absolute Gasteiger partial charge is 0.386 e. The van der Waals surface area contributed by atoms with Crippen molar-refractivity contribution >= 4 is 39.5 Å². The summed E-state index contributed by atoms with van der Waals surface area (Å²) < 4.78 is 0.955. The van der Waals surface area contributed by atoms with E-state index in [0.29, 0.717) is 11.9 Å². The van der Waals surface area contributed by atoms with Crippen molar-refractivity contribution in [2.45, 2.75) is 19.1 Å². The maximum absolute atomic E-state index is 10.5. The minimum atomic E-state index is -0.730. The molecule has 8 heteroatoms. The van der Waals surface area contributed by atoms with Crippen molar-refractivity contribution in [2.75, 3.05) is 16.4 Å². The summed E-state index contributed by atoms with van der Waals surface area (Å²) in [5.41, 5.74) is 7.41. The lowest BCUT2D eigenvalue weighted by Crippen LogP contribution is -2.25. The van der Waals surface area contributed by atoms with Gasteiger partial charge in [0.25, 0.3) is 0 Å². The van der Waals surface area contributed by atoms with Crippen molar-refractivity contribution in [2.24, 2.45) is 0 Å². The van der Waals surface area contributed by atoms with Crippen molar-refractivity contribution in [1.82, 2.24) is 15.0 Å². The second-order valence-electron chi connectivity index (χ2n) is 5.76. The fourth-order valence-corrected chi connectivity index (χ4v) is 2.66. The molecule has 2 atom stereocenters. The maximum atomic E-state index is 10.5. The molecule has 1 aromatic heterocycles. The number of nitrogens with zero attached hydrogens (tertiary/aromatic N) is 3. The molecule has 3 rings (SSSR count). The summed E-state index contributed by atoms with van der Waals surface area (Å²) in [7, 11) is 0. The van der Waals surface area contributed by atoms with E-state index in [-0.39, 0.29) is 12.0 Å². The molecule has 0 spiro atoms. The first-order valence-electron chi connectivity index (χ1n) is 8.05. The van der Waals surface area contributed by atoms with E-state index in [1.54, 1.807) is 0 Å². The third-order valence-corrected chi connectivity index (χ3v) is 4.25. The molecule has 2 unspecified atom stereocenters. The molecule has 0 saturated heterocycles. The molecular formula is C18H19BrN6O. The van der Waals surface area contributed by atoms with Crippen LogP contribution in [0.4, 0.5) is 23.5 Å². The van der Waals surface area contributed by atoms with Gasteiger partial charge in [-0.1, -0.05) is 46.3 Å². The Labute approximate surface area is 159 Å². The number of aromatic nitrogens is 3. The number of nitrogens with two attached hydrogens (primary N) is 1. The van der Waals surface area contributed by atoms with Crippen molar-refractivity contribution < 1.29 is 5.11 Å². The Bertz CT molecular complexity index is 859. The number of para-hydroxylation sites is 1. The molecule has 0 saturated carbocycles. The minimum Gasteiger partial charge on any atom is -0.386 e. The second-order valence-corrected chi connectivity index (χ2v) is 6.68. The van der Waals surface area contributed by atoms with Crippen LogP contribution in [0.25, 0.3) is 0 Å². The maximum Gasteiger partial charge on any atom is 0.233 e. The summed E-state index contributed by atoms with van der Waals surface area (Å²) in [6.45, 7) is 1.84. The fourth-order valence-electron chi connectivity index (χ4n) is 2.39. The molecule has 3 aromatic rings. The van der Waals surface area contributed by atoms with E-state index in [1.807, 2.05) is 61.5 Å². The Kier molecular flexibility index (Phi) is 5.65. The highest BCUT2D eigenvalue weighted by Crippen LogP contribution is 2.22. The SMILES string of the molecule is CC(Nc1nc(N)nc(Nc2ccccc2)n1)C(O)c1ccc(Br)cc1. The Morgan fingerprint density at radius 3 is 2.31 bits per heavy atom. The molecule has 0 aliphatic carbocycles. The van der Waals surface area contributed by atoms with E-state index >= 15 is 0 Å². The molecule has 1 heterocycles. The first-order chi connectivity index (χ1) is 12.5. The Morgan fingerprint density at radius 1 is 0.962 bits per heavy atom. The fraction of sp³-hybridized carbons (Fsp3) is 0.167. The van der Waals surface area contributed by atoms with Crippen LogP contribution < -0.4 is 16.4 Å². The van der Waals surface area contributed by atoms with E-state index in [2.05, 4.69) is 41.5 Å². The van der Waals surface area contributed by atoms with E-state index in [0.717, 1.165) is 15.7 Å². The summed E-state index contributed by atoms with van der Waals surface area (Å²) in [5.74, 6) is 0.711. The standard InChI is InChI=1S/C18H19BrN6O/c1-11(15(26)12-7-9-13(19)10-8-12)21-17-23-16(20)24-18(25-17)22-14-5-3-2-4-6-14/h2-11,15,26H,1H3,(H4,20,21,22,23,24,25). The van der Waals surface area contributed by atoms with Gasteiger partial charge in [-0.3, -0.25) is 0 Å². The van der Waals surface area contributed by atoms with Gasteiger partial charge in [0.05, 0.1) is 12.1 Å². The van der Waals surface area contributed by atoms with Gasteiger partial charge in [-0.05, 0) is 36.8 Å². The summed E-state index contributed by atoms with van der Waals surface area (Å²) in [6.07, 6.45) is -0.730. The van der Waals surface area contributed by atoms with E-state index in [1.165, 1.54) is 0 Å².